The third-order valence-corrected chi connectivity index (χ3v) is 3.13. The van der Waals surface area contributed by atoms with Crippen LogP contribution >= 0.6 is 15.9 Å². The zero-order valence-corrected chi connectivity index (χ0v) is 12.2. The predicted octanol–water partition coefficient (Wildman–Crippen LogP) is 2.02. The van der Waals surface area contributed by atoms with Gasteiger partial charge in [-0.3, -0.25) is 0 Å². The Kier molecular flexibility index (Phi) is 6.12. The van der Waals surface area contributed by atoms with Crippen molar-refractivity contribution in [1.29, 1.82) is 0 Å². The second kappa shape index (κ2) is 7.11. The Labute approximate surface area is 112 Å². The highest BCUT2D eigenvalue weighted by Crippen LogP contribution is 2.16. The number of rotatable bonds is 6. The molecule has 0 heterocycles. The van der Waals surface area contributed by atoms with E-state index in [9.17, 15) is 5.11 Å². The van der Waals surface area contributed by atoms with Gasteiger partial charge in [-0.1, -0.05) is 28.1 Å². The Morgan fingerprint density at radius 2 is 1.88 bits per heavy atom. The van der Waals surface area contributed by atoms with E-state index in [1.54, 1.807) is 0 Å². The number of hydrogen-bond donors (Lipinski definition) is 2. The number of aliphatic hydroxyl groups excluding tert-OH is 1. The smallest absolute Gasteiger partial charge is 0.0791 e. The van der Waals surface area contributed by atoms with E-state index in [-0.39, 0.29) is 12.1 Å². The first-order chi connectivity index (χ1) is 7.99. The minimum Gasteiger partial charge on any atom is -0.390 e. The fourth-order valence-electron chi connectivity index (χ4n) is 1.67. The number of nitrogens with one attached hydrogen (secondary N) is 1. The van der Waals surface area contributed by atoms with Crippen molar-refractivity contribution in [2.24, 2.45) is 0 Å². The molecule has 1 unspecified atom stereocenters. The van der Waals surface area contributed by atoms with Crippen molar-refractivity contribution < 1.29 is 5.11 Å². The lowest BCUT2D eigenvalue weighted by Gasteiger charge is -2.20. The molecule has 0 spiro atoms. The van der Waals surface area contributed by atoms with E-state index in [0.29, 0.717) is 13.1 Å². The van der Waals surface area contributed by atoms with Crippen LogP contribution in [-0.2, 0) is 0 Å². The Morgan fingerprint density at radius 3 is 2.41 bits per heavy atom. The molecule has 0 aromatic heterocycles. The summed E-state index contributed by atoms with van der Waals surface area (Å²) in [4.78, 5) is 1.98. The normalized spacial score (nSPS) is 14.9. The molecule has 4 heteroatoms. The SMILES string of the molecule is C[C@H](NCC(O)CN(C)C)c1ccc(Br)cc1. The van der Waals surface area contributed by atoms with Crippen molar-refractivity contribution in [3.8, 4) is 0 Å². The molecule has 0 radical (unpaired) electrons. The van der Waals surface area contributed by atoms with Crippen LogP contribution in [0.2, 0.25) is 0 Å². The maximum Gasteiger partial charge on any atom is 0.0791 e. The van der Waals surface area contributed by atoms with Crippen LogP contribution in [0.3, 0.4) is 0 Å². The van der Waals surface area contributed by atoms with E-state index in [1.165, 1.54) is 5.56 Å². The summed E-state index contributed by atoms with van der Waals surface area (Å²) in [6.07, 6.45) is -0.331. The van der Waals surface area contributed by atoms with Crippen LogP contribution in [0.4, 0.5) is 0 Å². The largest absolute Gasteiger partial charge is 0.390 e. The van der Waals surface area contributed by atoms with E-state index in [2.05, 4.69) is 40.3 Å². The lowest BCUT2D eigenvalue weighted by atomic mass is 10.1. The monoisotopic (exact) mass is 300 g/mol. The molecule has 0 aliphatic rings. The Morgan fingerprint density at radius 1 is 1.29 bits per heavy atom. The first kappa shape index (κ1) is 14.6. The van der Waals surface area contributed by atoms with Gasteiger partial charge in [0.15, 0.2) is 0 Å². The van der Waals surface area contributed by atoms with E-state index >= 15 is 0 Å². The summed E-state index contributed by atoms with van der Waals surface area (Å²) in [5.41, 5.74) is 1.23. The molecular formula is C13H21BrN2O. The molecule has 1 rings (SSSR count). The molecular weight excluding hydrogens is 280 g/mol. The van der Waals surface area contributed by atoms with E-state index < -0.39 is 0 Å². The van der Waals surface area contributed by atoms with Crippen molar-refractivity contribution in [2.75, 3.05) is 27.2 Å². The lowest BCUT2D eigenvalue weighted by Crippen LogP contribution is -2.36. The molecule has 0 bridgehead atoms. The van der Waals surface area contributed by atoms with Gasteiger partial charge in [0.2, 0.25) is 0 Å². The van der Waals surface area contributed by atoms with Gasteiger partial charge in [0.25, 0.3) is 0 Å². The highest BCUT2D eigenvalue weighted by molar-refractivity contribution is 9.10. The molecule has 0 fully saturated rings. The Hall–Kier alpha value is -0.420. The maximum atomic E-state index is 9.75. The molecule has 0 saturated carbocycles. The summed E-state index contributed by atoms with van der Waals surface area (Å²) >= 11 is 3.42. The van der Waals surface area contributed by atoms with Crippen molar-refractivity contribution in [3.63, 3.8) is 0 Å². The quantitative estimate of drug-likeness (QED) is 0.844. The molecule has 1 aromatic rings. The molecule has 2 atom stereocenters. The third-order valence-electron chi connectivity index (χ3n) is 2.61. The zero-order valence-electron chi connectivity index (χ0n) is 10.7. The summed E-state index contributed by atoms with van der Waals surface area (Å²) in [6, 6.07) is 8.48. The van der Waals surface area contributed by atoms with Crippen molar-refractivity contribution in [3.05, 3.63) is 34.3 Å². The van der Waals surface area contributed by atoms with Crippen LogP contribution in [-0.4, -0.2) is 43.3 Å². The van der Waals surface area contributed by atoms with Crippen molar-refractivity contribution in [2.45, 2.75) is 19.1 Å². The highest BCUT2D eigenvalue weighted by atomic mass is 79.9. The second-order valence-electron chi connectivity index (χ2n) is 4.60. The van der Waals surface area contributed by atoms with Crippen LogP contribution in [0.25, 0.3) is 0 Å². The zero-order chi connectivity index (χ0) is 12.8. The third kappa shape index (κ3) is 5.64. The minimum absolute atomic E-state index is 0.250. The van der Waals surface area contributed by atoms with Crippen molar-refractivity contribution in [1.82, 2.24) is 10.2 Å². The van der Waals surface area contributed by atoms with E-state index in [0.717, 1.165) is 4.47 Å². The minimum atomic E-state index is -0.331. The molecule has 3 nitrogen and oxygen atoms in total. The predicted molar refractivity (Wildman–Crippen MR) is 75.1 cm³/mol. The fraction of sp³-hybridized carbons (Fsp3) is 0.538. The van der Waals surface area contributed by atoms with Crippen LogP contribution in [0.5, 0.6) is 0 Å². The van der Waals surface area contributed by atoms with Crippen molar-refractivity contribution >= 4 is 15.9 Å². The standard InChI is InChI=1S/C13H21BrN2O/c1-10(11-4-6-12(14)7-5-11)15-8-13(17)9-16(2)3/h4-7,10,13,15,17H,8-9H2,1-3H3/t10-,13?/m0/s1. The van der Waals surface area contributed by atoms with Gasteiger partial charge >= 0.3 is 0 Å². The van der Waals surface area contributed by atoms with Gasteiger partial charge in [-0.05, 0) is 38.7 Å². The van der Waals surface area contributed by atoms with E-state index in [4.69, 9.17) is 0 Å². The van der Waals surface area contributed by atoms with Gasteiger partial charge in [-0.2, -0.15) is 0 Å². The fourth-order valence-corrected chi connectivity index (χ4v) is 1.93. The first-order valence-electron chi connectivity index (χ1n) is 5.80. The van der Waals surface area contributed by atoms with Gasteiger partial charge < -0.3 is 15.3 Å². The number of halogens is 1. The second-order valence-corrected chi connectivity index (χ2v) is 5.51. The Bertz CT molecular complexity index is 327. The van der Waals surface area contributed by atoms with E-state index in [1.807, 2.05) is 31.1 Å². The molecule has 2 N–H and O–H groups in total. The van der Waals surface area contributed by atoms with Crippen LogP contribution in [0.1, 0.15) is 18.5 Å². The van der Waals surface area contributed by atoms with Crippen LogP contribution < -0.4 is 5.32 Å². The molecule has 0 aliphatic heterocycles. The maximum absolute atomic E-state index is 9.75. The van der Waals surface area contributed by atoms with Gasteiger partial charge in [0.05, 0.1) is 6.10 Å². The van der Waals surface area contributed by atoms with Gasteiger partial charge in [0.1, 0.15) is 0 Å². The van der Waals surface area contributed by atoms with Gasteiger partial charge in [0, 0.05) is 23.6 Å². The average Bonchev–Trinajstić information content (AvgIpc) is 2.26. The summed E-state index contributed by atoms with van der Waals surface area (Å²) in [6.45, 7) is 3.39. The number of aliphatic hydroxyl groups is 1. The number of hydrogen-bond acceptors (Lipinski definition) is 3. The number of likely N-dealkylation sites (N-methyl/N-ethyl adjacent to an activating group) is 1. The highest BCUT2D eigenvalue weighted by Gasteiger charge is 2.09. The number of benzene rings is 1. The molecule has 0 aliphatic carbocycles. The van der Waals surface area contributed by atoms with Gasteiger partial charge in [-0.15, -0.1) is 0 Å². The Balaban J connectivity index is 2.39. The number of nitrogens with zero attached hydrogens (tertiary/aromatic N) is 1. The molecule has 96 valence electrons. The summed E-state index contributed by atoms with van der Waals surface area (Å²) < 4.78 is 1.08. The average molecular weight is 301 g/mol. The van der Waals surface area contributed by atoms with Crippen LogP contribution in [0.15, 0.2) is 28.7 Å². The topological polar surface area (TPSA) is 35.5 Å². The molecule has 17 heavy (non-hydrogen) atoms. The summed E-state index contributed by atoms with van der Waals surface area (Å²) in [5.74, 6) is 0. The van der Waals surface area contributed by atoms with Gasteiger partial charge in [-0.25, -0.2) is 0 Å². The summed E-state index contributed by atoms with van der Waals surface area (Å²) in [5, 5.41) is 13.1. The lowest BCUT2D eigenvalue weighted by molar-refractivity contribution is 0.132. The van der Waals surface area contributed by atoms with Crippen LogP contribution in [0, 0.1) is 0 Å². The first-order valence-corrected chi connectivity index (χ1v) is 6.60. The summed E-state index contributed by atoms with van der Waals surface area (Å²) in [7, 11) is 3.92. The molecule has 1 aromatic carbocycles. The molecule has 0 saturated heterocycles. The molecule has 0 amide bonds.